The fraction of sp³-hybridized carbons (Fsp3) is 0.0625. The molecule has 0 bridgehead atoms. The third kappa shape index (κ3) is 3.42. The van der Waals surface area contributed by atoms with Gasteiger partial charge in [-0.05, 0) is 5.56 Å². The fourth-order valence-corrected chi connectivity index (χ4v) is 2.57. The maximum atomic E-state index is 12.2. The van der Waals surface area contributed by atoms with Gasteiger partial charge in [-0.2, -0.15) is 0 Å². The standard InChI is InChI=1S/C16H14O3S/c1-2-20(18,19)12-13-8-10-15(11-9-13)16(17)14-6-4-3-5-7-14/h2-11H,1,12H2. The van der Waals surface area contributed by atoms with Crippen LogP contribution < -0.4 is 0 Å². The van der Waals surface area contributed by atoms with Crippen molar-refractivity contribution >= 4 is 15.6 Å². The number of hydrogen-bond acceptors (Lipinski definition) is 3. The maximum Gasteiger partial charge on any atom is 0.193 e. The molecular formula is C16H14O3S. The van der Waals surface area contributed by atoms with Gasteiger partial charge < -0.3 is 0 Å². The zero-order valence-electron chi connectivity index (χ0n) is 10.8. The van der Waals surface area contributed by atoms with Crippen molar-refractivity contribution in [3.63, 3.8) is 0 Å². The van der Waals surface area contributed by atoms with Gasteiger partial charge in [0.15, 0.2) is 15.6 Å². The van der Waals surface area contributed by atoms with E-state index in [1.165, 1.54) is 0 Å². The first kappa shape index (κ1) is 14.2. The Kier molecular flexibility index (Phi) is 4.15. The number of ketones is 1. The molecule has 4 heteroatoms. The van der Waals surface area contributed by atoms with Gasteiger partial charge in [-0.15, -0.1) is 0 Å². The Morgan fingerprint density at radius 3 is 2.05 bits per heavy atom. The van der Waals surface area contributed by atoms with Crippen molar-refractivity contribution in [3.05, 3.63) is 83.3 Å². The van der Waals surface area contributed by atoms with Gasteiger partial charge in [0.05, 0.1) is 5.75 Å². The van der Waals surface area contributed by atoms with E-state index in [0.29, 0.717) is 16.7 Å². The number of benzene rings is 2. The number of carbonyl (C=O) groups excluding carboxylic acids is 1. The third-order valence-electron chi connectivity index (χ3n) is 2.87. The van der Waals surface area contributed by atoms with Gasteiger partial charge in [0, 0.05) is 16.5 Å². The fourth-order valence-electron chi connectivity index (χ4n) is 1.80. The lowest BCUT2D eigenvalue weighted by Crippen LogP contribution is -2.03. The summed E-state index contributed by atoms with van der Waals surface area (Å²) in [5.74, 6) is -0.181. The highest BCUT2D eigenvalue weighted by molar-refractivity contribution is 7.93. The zero-order chi connectivity index (χ0) is 14.6. The highest BCUT2D eigenvalue weighted by Gasteiger charge is 2.10. The normalized spacial score (nSPS) is 11.0. The van der Waals surface area contributed by atoms with Gasteiger partial charge in [0.1, 0.15) is 0 Å². The molecule has 0 aliphatic rings. The van der Waals surface area contributed by atoms with E-state index in [2.05, 4.69) is 6.58 Å². The third-order valence-corrected chi connectivity index (χ3v) is 4.12. The first-order chi connectivity index (χ1) is 9.52. The second kappa shape index (κ2) is 5.84. The summed E-state index contributed by atoms with van der Waals surface area (Å²) in [5.41, 5.74) is 1.78. The summed E-state index contributed by atoms with van der Waals surface area (Å²) in [6, 6.07) is 15.5. The highest BCUT2D eigenvalue weighted by atomic mass is 32.2. The van der Waals surface area contributed by atoms with Gasteiger partial charge in [-0.1, -0.05) is 61.2 Å². The van der Waals surface area contributed by atoms with Crippen LogP contribution in [0.25, 0.3) is 0 Å². The molecule has 0 unspecified atom stereocenters. The molecule has 20 heavy (non-hydrogen) atoms. The summed E-state index contributed by atoms with van der Waals surface area (Å²) in [7, 11) is -3.28. The van der Waals surface area contributed by atoms with Gasteiger partial charge in [-0.3, -0.25) is 4.79 Å². The predicted octanol–water partition coefficient (Wildman–Crippen LogP) is 2.98. The van der Waals surface area contributed by atoms with Crippen LogP contribution in [0.3, 0.4) is 0 Å². The van der Waals surface area contributed by atoms with E-state index in [1.54, 1.807) is 48.5 Å². The van der Waals surface area contributed by atoms with Gasteiger partial charge in [0.25, 0.3) is 0 Å². The van der Waals surface area contributed by atoms with Crippen LogP contribution in [0.1, 0.15) is 21.5 Å². The Morgan fingerprint density at radius 1 is 0.950 bits per heavy atom. The van der Waals surface area contributed by atoms with Crippen molar-refractivity contribution in [1.29, 1.82) is 0 Å². The van der Waals surface area contributed by atoms with E-state index in [1.807, 2.05) is 6.07 Å². The van der Waals surface area contributed by atoms with Crippen LogP contribution in [-0.2, 0) is 15.6 Å². The SMILES string of the molecule is C=CS(=O)(=O)Cc1ccc(C(=O)c2ccccc2)cc1. The van der Waals surface area contributed by atoms with Crippen LogP contribution in [0.2, 0.25) is 0 Å². The Hall–Kier alpha value is -2.20. The lowest BCUT2D eigenvalue weighted by atomic mass is 10.0. The molecular weight excluding hydrogens is 272 g/mol. The van der Waals surface area contributed by atoms with Crippen molar-refractivity contribution < 1.29 is 13.2 Å². The van der Waals surface area contributed by atoms with Crippen molar-refractivity contribution in [2.45, 2.75) is 5.75 Å². The van der Waals surface area contributed by atoms with Crippen LogP contribution in [0.4, 0.5) is 0 Å². The Labute approximate surface area is 118 Å². The van der Waals surface area contributed by atoms with Crippen LogP contribution in [0, 0.1) is 0 Å². The number of rotatable bonds is 5. The number of sulfone groups is 1. The molecule has 0 aliphatic heterocycles. The van der Waals surface area contributed by atoms with Crippen molar-refractivity contribution in [1.82, 2.24) is 0 Å². The summed E-state index contributed by atoms with van der Waals surface area (Å²) >= 11 is 0. The van der Waals surface area contributed by atoms with Crippen LogP contribution in [0.15, 0.2) is 66.6 Å². The van der Waals surface area contributed by atoms with E-state index >= 15 is 0 Å². The highest BCUT2D eigenvalue weighted by Crippen LogP contribution is 2.13. The first-order valence-electron chi connectivity index (χ1n) is 6.06. The van der Waals surface area contributed by atoms with E-state index in [-0.39, 0.29) is 11.5 Å². The molecule has 0 saturated heterocycles. The summed E-state index contributed by atoms with van der Waals surface area (Å²) in [6.07, 6.45) is 0. The largest absolute Gasteiger partial charge is 0.289 e. The van der Waals surface area contributed by atoms with Crippen molar-refractivity contribution in [2.24, 2.45) is 0 Å². The van der Waals surface area contributed by atoms with Crippen LogP contribution in [0.5, 0.6) is 0 Å². The zero-order valence-corrected chi connectivity index (χ0v) is 11.6. The minimum atomic E-state index is -3.28. The molecule has 0 radical (unpaired) electrons. The topological polar surface area (TPSA) is 51.2 Å². The van der Waals surface area contributed by atoms with Gasteiger partial charge in [-0.25, -0.2) is 8.42 Å². The molecule has 0 fully saturated rings. The average molecular weight is 286 g/mol. The molecule has 2 aromatic carbocycles. The van der Waals surface area contributed by atoms with Gasteiger partial charge >= 0.3 is 0 Å². The van der Waals surface area contributed by atoms with E-state index in [9.17, 15) is 13.2 Å². The second-order valence-corrected chi connectivity index (χ2v) is 6.31. The molecule has 0 aliphatic carbocycles. The lowest BCUT2D eigenvalue weighted by molar-refractivity contribution is 0.103. The molecule has 0 aromatic heterocycles. The summed E-state index contributed by atoms with van der Waals surface area (Å²) in [5, 5.41) is 0.941. The van der Waals surface area contributed by atoms with Crippen LogP contribution in [-0.4, -0.2) is 14.2 Å². The smallest absolute Gasteiger partial charge is 0.193 e. The molecule has 2 rings (SSSR count). The average Bonchev–Trinajstić information content (AvgIpc) is 2.48. The first-order valence-corrected chi connectivity index (χ1v) is 7.77. The van der Waals surface area contributed by atoms with Gasteiger partial charge in [0.2, 0.25) is 0 Å². The van der Waals surface area contributed by atoms with Crippen molar-refractivity contribution in [2.75, 3.05) is 0 Å². The second-order valence-electron chi connectivity index (χ2n) is 4.37. The minimum absolute atomic E-state index is 0.0799. The van der Waals surface area contributed by atoms with Crippen molar-refractivity contribution in [3.8, 4) is 0 Å². The monoisotopic (exact) mass is 286 g/mol. The maximum absolute atomic E-state index is 12.2. The van der Waals surface area contributed by atoms with E-state index < -0.39 is 9.84 Å². The molecule has 0 atom stereocenters. The Balaban J connectivity index is 2.21. The molecule has 0 spiro atoms. The number of hydrogen-bond donors (Lipinski definition) is 0. The van der Waals surface area contributed by atoms with E-state index in [0.717, 1.165) is 5.41 Å². The summed E-state index contributed by atoms with van der Waals surface area (Å²) < 4.78 is 22.8. The molecule has 0 saturated carbocycles. The molecule has 3 nitrogen and oxygen atoms in total. The molecule has 2 aromatic rings. The summed E-state index contributed by atoms with van der Waals surface area (Å²) in [4.78, 5) is 12.2. The van der Waals surface area contributed by atoms with Crippen LogP contribution >= 0.6 is 0 Å². The molecule has 0 N–H and O–H groups in total. The summed E-state index contributed by atoms with van der Waals surface area (Å²) in [6.45, 7) is 3.27. The molecule has 0 heterocycles. The number of carbonyl (C=O) groups is 1. The lowest BCUT2D eigenvalue weighted by Gasteiger charge is -2.03. The molecule has 102 valence electrons. The molecule has 0 amide bonds. The minimum Gasteiger partial charge on any atom is -0.289 e. The van der Waals surface area contributed by atoms with E-state index in [4.69, 9.17) is 0 Å². The Bertz CT molecular complexity index is 714. The predicted molar refractivity (Wildman–Crippen MR) is 79.1 cm³/mol. The quantitative estimate of drug-likeness (QED) is 0.794. The Morgan fingerprint density at radius 2 is 1.50 bits per heavy atom.